The average molecular weight is 247 g/mol. The molecule has 1 N–H and O–H groups in total. The minimum Gasteiger partial charge on any atom is -0.244 e. The molecule has 3 aromatic rings. The van der Waals surface area contributed by atoms with Gasteiger partial charge in [0.2, 0.25) is 0 Å². The molecular weight excluding hydrogens is 240 g/mol. The van der Waals surface area contributed by atoms with Crippen LogP contribution in [0.15, 0.2) is 41.2 Å². The molecule has 0 radical (unpaired) electrons. The summed E-state index contributed by atoms with van der Waals surface area (Å²) in [5, 5.41) is 10.4. The van der Waals surface area contributed by atoms with Crippen LogP contribution in [0, 0.1) is 0 Å². The Kier molecular flexibility index (Phi) is 2.19. The molecule has 0 amide bonds. The lowest BCUT2D eigenvalue weighted by atomic mass is 10.1. The molecule has 5 nitrogen and oxygen atoms in total. The maximum absolute atomic E-state index is 11.4. The second kappa shape index (κ2) is 3.71. The van der Waals surface area contributed by atoms with Gasteiger partial charge in [0.1, 0.15) is 0 Å². The first-order valence-electron chi connectivity index (χ1n) is 4.95. The Bertz CT molecular complexity index is 732. The lowest BCUT2D eigenvalue weighted by Crippen LogP contribution is -2.12. The fourth-order valence-corrected chi connectivity index (χ4v) is 1.88. The molecule has 3 rings (SSSR count). The predicted octanol–water partition coefficient (Wildman–Crippen LogP) is 1.74. The van der Waals surface area contributed by atoms with Crippen molar-refractivity contribution in [3.05, 3.63) is 52.0 Å². The summed E-state index contributed by atoms with van der Waals surface area (Å²) in [6.07, 6.45) is 0. The lowest BCUT2D eigenvalue weighted by molar-refractivity contribution is 0.881. The molecule has 2 heterocycles. The van der Waals surface area contributed by atoms with Crippen molar-refractivity contribution in [3.63, 3.8) is 0 Å². The summed E-state index contributed by atoms with van der Waals surface area (Å²) in [4.78, 5) is 11.4. The van der Waals surface area contributed by atoms with E-state index in [1.54, 1.807) is 6.07 Å². The van der Waals surface area contributed by atoms with Crippen LogP contribution >= 0.6 is 11.6 Å². The van der Waals surface area contributed by atoms with Crippen molar-refractivity contribution in [1.82, 2.24) is 19.8 Å². The first-order valence-corrected chi connectivity index (χ1v) is 5.33. The number of aromatic amines is 1. The van der Waals surface area contributed by atoms with Crippen LogP contribution in [0.3, 0.4) is 0 Å². The highest BCUT2D eigenvalue weighted by Crippen LogP contribution is 2.23. The van der Waals surface area contributed by atoms with Crippen molar-refractivity contribution in [1.29, 1.82) is 0 Å². The summed E-state index contributed by atoms with van der Waals surface area (Å²) < 4.78 is 1.16. The molecule has 1 aromatic carbocycles. The molecule has 84 valence electrons. The third-order valence-electron chi connectivity index (χ3n) is 2.44. The summed E-state index contributed by atoms with van der Waals surface area (Å²) in [6.45, 7) is 0. The molecule has 2 aromatic heterocycles. The van der Waals surface area contributed by atoms with Gasteiger partial charge in [0.05, 0.1) is 0 Å². The molecule has 0 saturated heterocycles. The molecule has 17 heavy (non-hydrogen) atoms. The Morgan fingerprint density at radius 1 is 1.24 bits per heavy atom. The largest absolute Gasteiger partial charge is 0.364 e. The van der Waals surface area contributed by atoms with E-state index in [0.717, 1.165) is 15.6 Å². The van der Waals surface area contributed by atoms with Crippen LogP contribution in [-0.2, 0) is 0 Å². The number of fused-ring (bicyclic) bond motifs is 1. The molecule has 0 aliphatic carbocycles. The van der Waals surface area contributed by atoms with E-state index < -0.39 is 5.69 Å². The minimum absolute atomic E-state index is 0.250. The molecule has 0 atom stereocenters. The normalized spacial score (nSPS) is 10.9. The summed E-state index contributed by atoms with van der Waals surface area (Å²) in [7, 11) is 0. The van der Waals surface area contributed by atoms with Crippen molar-refractivity contribution < 1.29 is 0 Å². The van der Waals surface area contributed by atoms with Gasteiger partial charge in [-0.2, -0.15) is 9.61 Å². The molecule has 0 spiro atoms. The summed E-state index contributed by atoms with van der Waals surface area (Å²) in [5.74, 6) is 0. The Morgan fingerprint density at radius 2 is 2.00 bits per heavy atom. The molecule has 0 fully saturated rings. The highest BCUT2D eigenvalue weighted by atomic mass is 35.5. The SMILES string of the molecule is O=c1[nH]nc2c(-c3ccccc3)cc(Cl)nn12. The number of halogens is 1. The van der Waals surface area contributed by atoms with Crippen LogP contribution in [0.2, 0.25) is 5.15 Å². The van der Waals surface area contributed by atoms with Crippen LogP contribution in [0.1, 0.15) is 0 Å². The van der Waals surface area contributed by atoms with Gasteiger partial charge < -0.3 is 0 Å². The number of rotatable bonds is 1. The summed E-state index contributed by atoms with van der Waals surface area (Å²) in [5.41, 5.74) is 1.76. The molecule has 0 aliphatic heterocycles. The summed E-state index contributed by atoms with van der Waals surface area (Å²) in [6, 6.07) is 11.3. The average Bonchev–Trinajstić information content (AvgIpc) is 2.72. The van der Waals surface area contributed by atoms with Crippen molar-refractivity contribution in [2.45, 2.75) is 0 Å². The maximum Gasteiger partial charge on any atom is 0.364 e. The molecule has 6 heteroatoms. The predicted molar refractivity (Wildman–Crippen MR) is 64.1 cm³/mol. The van der Waals surface area contributed by atoms with Gasteiger partial charge in [0.25, 0.3) is 0 Å². The highest BCUT2D eigenvalue weighted by molar-refractivity contribution is 6.29. The molecule has 0 bridgehead atoms. The first-order chi connectivity index (χ1) is 8.25. The molecule has 0 unspecified atom stereocenters. The Balaban J connectivity index is 2.40. The van der Waals surface area contributed by atoms with E-state index in [9.17, 15) is 4.79 Å². The first kappa shape index (κ1) is 10.0. The van der Waals surface area contributed by atoms with E-state index in [4.69, 9.17) is 11.6 Å². The van der Waals surface area contributed by atoms with Crippen molar-refractivity contribution >= 4 is 17.2 Å². The summed E-state index contributed by atoms with van der Waals surface area (Å²) >= 11 is 5.89. The van der Waals surface area contributed by atoms with Gasteiger partial charge in [-0.15, -0.1) is 5.10 Å². The van der Waals surface area contributed by atoms with Gasteiger partial charge in [0, 0.05) is 5.56 Å². The van der Waals surface area contributed by atoms with E-state index in [2.05, 4.69) is 15.3 Å². The van der Waals surface area contributed by atoms with Crippen LogP contribution in [0.5, 0.6) is 0 Å². The zero-order valence-corrected chi connectivity index (χ0v) is 9.35. The van der Waals surface area contributed by atoms with E-state index in [1.165, 1.54) is 0 Å². The number of nitrogens with one attached hydrogen (secondary N) is 1. The van der Waals surface area contributed by atoms with E-state index in [1.807, 2.05) is 30.3 Å². The quantitative estimate of drug-likeness (QED) is 0.711. The van der Waals surface area contributed by atoms with Gasteiger partial charge in [0.15, 0.2) is 10.8 Å². The van der Waals surface area contributed by atoms with Gasteiger partial charge in [-0.25, -0.2) is 9.89 Å². The van der Waals surface area contributed by atoms with Crippen LogP contribution in [0.4, 0.5) is 0 Å². The second-order valence-corrected chi connectivity index (χ2v) is 3.90. The van der Waals surface area contributed by atoms with Crippen LogP contribution < -0.4 is 5.69 Å². The van der Waals surface area contributed by atoms with Crippen LogP contribution in [-0.4, -0.2) is 19.8 Å². The number of H-pyrrole nitrogens is 1. The number of benzene rings is 1. The lowest BCUT2D eigenvalue weighted by Gasteiger charge is -2.02. The molecule has 0 saturated carbocycles. The number of hydrogen-bond acceptors (Lipinski definition) is 3. The van der Waals surface area contributed by atoms with E-state index in [0.29, 0.717) is 5.65 Å². The standard InChI is InChI=1S/C11H7ClN4O/c12-9-6-8(7-4-2-1-3-5-7)10-13-14-11(17)16(10)15-9/h1-6H,(H,14,17). The smallest absolute Gasteiger partial charge is 0.244 e. The fraction of sp³-hybridized carbons (Fsp3) is 0. The second-order valence-electron chi connectivity index (χ2n) is 3.51. The Labute approximate surface area is 101 Å². The number of nitrogens with zero attached hydrogens (tertiary/aromatic N) is 3. The Morgan fingerprint density at radius 3 is 2.76 bits per heavy atom. The maximum atomic E-state index is 11.4. The molecule has 0 aliphatic rings. The van der Waals surface area contributed by atoms with E-state index >= 15 is 0 Å². The fourth-order valence-electron chi connectivity index (χ4n) is 1.70. The van der Waals surface area contributed by atoms with Gasteiger partial charge in [-0.05, 0) is 11.6 Å². The monoisotopic (exact) mass is 246 g/mol. The zero-order chi connectivity index (χ0) is 11.8. The third kappa shape index (κ3) is 1.60. The van der Waals surface area contributed by atoms with Crippen LogP contribution in [0.25, 0.3) is 16.8 Å². The van der Waals surface area contributed by atoms with E-state index in [-0.39, 0.29) is 5.15 Å². The topological polar surface area (TPSA) is 63.0 Å². The Hall–Kier alpha value is -2.14. The van der Waals surface area contributed by atoms with Gasteiger partial charge in [-0.1, -0.05) is 41.9 Å². The highest BCUT2D eigenvalue weighted by Gasteiger charge is 2.10. The van der Waals surface area contributed by atoms with Crippen molar-refractivity contribution in [2.24, 2.45) is 0 Å². The zero-order valence-electron chi connectivity index (χ0n) is 8.59. The minimum atomic E-state index is -0.403. The van der Waals surface area contributed by atoms with Crippen molar-refractivity contribution in [3.8, 4) is 11.1 Å². The number of aromatic nitrogens is 4. The number of hydrogen-bond donors (Lipinski definition) is 1. The third-order valence-corrected chi connectivity index (χ3v) is 2.62. The van der Waals surface area contributed by atoms with Gasteiger partial charge in [-0.3, -0.25) is 0 Å². The van der Waals surface area contributed by atoms with Crippen molar-refractivity contribution in [2.75, 3.05) is 0 Å². The van der Waals surface area contributed by atoms with Gasteiger partial charge >= 0.3 is 5.69 Å². The molecular formula is C11H7ClN4O.